The van der Waals surface area contributed by atoms with Crippen molar-refractivity contribution in [2.45, 2.75) is 25.7 Å². The molecule has 0 spiro atoms. The van der Waals surface area contributed by atoms with Crippen LogP contribution in [0.15, 0.2) is 23.1 Å². The Morgan fingerprint density at radius 1 is 1.36 bits per heavy atom. The molecule has 0 bridgehead atoms. The summed E-state index contributed by atoms with van der Waals surface area (Å²) in [6, 6.07) is 5.45. The number of rotatable bonds is 2. The number of carbonyl (C=O) groups is 1. The Morgan fingerprint density at radius 3 is 2.36 bits per heavy atom. The number of hydrogen-bond donors (Lipinski definition) is 1. The van der Waals surface area contributed by atoms with Gasteiger partial charge in [0.2, 0.25) is 0 Å². The average molecular weight is 212 g/mol. The van der Waals surface area contributed by atoms with Gasteiger partial charge in [-0.05, 0) is 30.9 Å². The number of benzene rings is 1. The van der Waals surface area contributed by atoms with Crippen LogP contribution >= 0.6 is 11.8 Å². The van der Waals surface area contributed by atoms with Crippen LogP contribution in [0.2, 0.25) is 0 Å². The first-order valence-corrected chi connectivity index (χ1v) is 5.75. The van der Waals surface area contributed by atoms with Crippen LogP contribution < -0.4 is 0 Å². The molecule has 0 fully saturated rings. The highest BCUT2D eigenvalue weighted by molar-refractivity contribution is 7.98. The average Bonchev–Trinajstić information content (AvgIpc) is 2.21. The molecule has 0 saturated heterocycles. The molecule has 0 heterocycles. The minimum absolute atomic E-state index is 0.391. The molecule has 0 atom stereocenters. The van der Waals surface area contributed by atoms with E-state index in [1.807, 2.05) is 32.2 Å². The Morgan fingerprint density at radius 2 is 1.93 bits per heavy atom. The van der Waals surface area contributed by atoms with Crippen LogP contribution in [0.1, 0.15) is 29.8 Å². The Balaban J connectivity index is 0.000000791. The molecule has 1 rings (SSSR count). The molecule has 3 heteroatoms. The molecule has 0 aliphatic carbocycles. The third-order valence-electron chi connectivity index (χ3n) is 1.68. The molecule has 0 aliphatic heterocycles. The second-order valence-corrected chi connectivity index (χ2v) is 3.37. The van der Waals surface area contributed by atoms with Crippen molar-refractivity contribution in [3.05, 3.63) is 29.3 Å². The summed E-state index contributed by atoms with van der Waals surface area (Å²) in [6.07, 6.45) is 1.93. The van der Waals surface area contributed by atoms with Gasteiger partial charge in [-0.3, -0.25) is 0 Å². The van der Waals surface area contributed by atoms with Gasteiger partial charge in [0.25, 0.3) is 0 Å². The molecule has 0 unspecified atom stereocenters. The summed E-state index contributed by atoms with van der Waals surface area (Å²) < 4.78 is 0. The van der Waals surface area contributed by atoms with Gasteiger partial charge in [0, 0.05) is 4.90 Å². The van der Waals surface area contributed by atoms with E-state index in [0.717, 1.165) is 10.5 Å². The summed E-state index contributed by atoms with van der Waals surface area (Å²) >= 11 is 1.55. The largest absolute Gasteiger partial charge is 0.478 e. The van der Waals surface area contributed by atoms with Crippen LogP contribution in [0.3, 0.4) is 0 Å². The Labute approximate surface area is 89.3 Å². The standard InChI is InChI=1S/C9H10O2S.C2H6/c1-6-3-4-7(12-2)5-8(6)9(10)11;1-2/h3-5H,1-2H3,(H,10,11);1-2H3. The number of thioether (sulfide) groups is 1. The fourth-order valence-electron chi connectivity index (χ4n) is 0.958. The van der Waals surface area contributed by atoms with Crippen molar-refractivity contribution in [3.8, 4) is 0 Å². The monoisotopic (exact) mass is 212 g/mol. The number of aryl methyl sites for hydroxylation is 1. The first kappa shape index (κ1) is 13.0. The van der Waals surface area contributed by atoms with Crippen LogP contribution in [-0.2, 0) is 0 Å². The summed E-state index contributed by atoms with van der Waals surface area (Å²) in [7, 11) is 0. The van der Waals surface area contributed by atoms with Gasteiger partial charge < -0.3 is 5.11 Å². The molecule has 0 radical (unpaired) electrons. The fraction of sp³-hybridized carbons (Fsp3) is 0.364. The summed E-state index contributed by atoms with van der Waals surface area (Å²) in [5, 5.41) is 8.78. The van der Waals surface area contributed by atoms with Crippen molar-refractivity contribution in [3.63, 3.8) is 0 Å². The number of hydrogen-bond acceptors (Lipinski definition) is 2. The lowest BCUT2D eigenvalue weighted by molar-refractivity contribution is 0.0696. The van der Waals surface area contributed by atoms with Gasteiger partial charge in [0.15, 0.2) is 0 Å². The van der Waals surface area contributed by atoms with E-state index in [0.29, 0.717) is 5.56 Å². The molecular formula is C11H16O2S. The van der Waals surface area contributed by atoms with Gasteiger partial charge in [-0.15, -0.1) is 11.8 Å². The fourth-order valence-corrected chi connectivity index (χ4v) is 1.40. The lowest BCUT2D eigenvalue weighted by atomic mass is 10.1. The van der Waals surface area contributed by atoms with Crippen LogP contribution in [0.5, 0.6) is 0 Å². The SMILES string of the molecule is CC.CSc1ccc(C)c(C(=O)O)c1. The zero-order valence-corrected chi connectivity index (χ0v) is 9.81. The Hall–Kier alpha value is -0.960. The zero-order valence-electron chi connectivity index (χ0n) is 9.00. The maximum Gasteiger partial charge on any atom is 0.335 e. The van der Waals surface area contributed by atoms with E-state index in [1.54, 1.807) is 24.8 Å². The van der Waals surface area contributed by atoms with Crippen molar-refractivity contribution in [1.82, 2.24) is 0 Å². The first-order valence-electron chi connectivity index (χ1n) is 4.53. The molecular weight excluding hydrogens is 196 g/mol. The number of carboxylic acid groups (broad SMARTS) is 1. The van der Waals surface area contributed by atoms with Gasteiger partial charge in [-0.25, -0.2) is 4.79 Å². The lowest BCUT2D eigenvalue weighted by Gasteiger charge is -2.02. The quantitative estimate of drug-likeness (QED) is 0.763. The van der Waals surface area contributed by atoms with E-state index < -0.39 is 5.97 Å². The molecule has 2 nitrogen and oxygen atoms in total. The van der Waals surface area contributed by atoms with Crippen LogP contribution in [0.25, 0.3) is 0 Å². The molecule has 0 aliphatic rings. The van der Waals surface area contributed by atoms with Crippen molar-refractivity contribution < 1.29 is 9.90 Å². The second-order valence-electron chi connectivity index (χ2n) is 2.49. The van der Waals surface area contributed by atoms with Crippen molar-refractivity contribution in [1.29, 1.82) is 0 Å². The summed E-state index contributed by atoms with van der Waals surface area (Å²) in [5.74, 6) is -0.858. The molecule has 0 saturated carbocycles. The van der Waals surface area contributed by atoms with Crippen LogP contribution in [0, 0.1) is 6.92 Å². The van der Waals surface area contributed by atoms with E-state index >= 15 is 0 Å². The van der Waals surface area contributed by atoms with Crippen molar-refractivity contribution >= 4 is 17.7 Å². The van der Waals surface area contributed by atoms with E-state index in [1.165, 1.54) is 0 Å². The topological polar surface area (TPSA) is 37.3 Å². The van der Waals surface area contributed by atoms with Gasteiger partial charge in [0.1, 0.15) is 0 Å². The summed E-state index contributed by atoms with van der Waals surface area (Å²) in [6.45, 7) is 5.80. The van der Waals surface area contributed by atoms with E-state index in [2.05, 4.69) is 0 Å². The highest BCUT2D eigenvalue weighted by Gasteiger charge is 2.06. The highest BCUT2D eigenvalue weighted by atomic mass is 32.2. The molecule has 78 valence electrons. The van der Waals surface area contributed by atoms with E-state index in [9.17, 15) is 4.79 Å². The number of aromatic carboxylic acids is 1. The van der Waals surface area contributed by atoms with E-state index in [-0.39, 0.29) is 0 Å². The summed E-state index contributed by atoms with van der Waals surface area (Å²) in [4.78, 5) is 11.7. The van der Waals surface area contributed by atoms with Crippen molar-refractivity contribution in [2.24, 2.45) is 0 Å². The normalized spacial score (nSPS) is 8.86. The molecule has 14 heavy (non-hydrogen) atoms. The van der Waals surface area contributed by atoms with Crippen molar-refractivity contribution in [2.75, 3.05) is 6.26 Å². The highest BCUT2D eigenvalue weighted by Crippen LogP contribution is 2.18. The Bertz CT molecular complexity index is 308. The second kappa shape index (κ2) is 6.49. The third kappa shape index (κ3) is 3.42. The van der Waals surface area contributed by atoms with E-state index in [4.69, 9.17) is 5.11 Å². The van der Waals surface area contributed by atoms with Gasteiger partial charge in [-0.1, -0.05) is 19.9 Å². The third-order valence-corrected chi connectivity index (χ3v) is 2.40. The minimum atomic E-state index is -0.858. The molecule has 0 amide bonds. The van der Waals surface area contributed by atoms with Gasteiger partial charge in [-0.2, -0.15) is 0 Å². The van der Waals surface area contributed by atoms with Gasteiger partial charge >= 0.3 is 5.97 Å². The zero-order chi connectivity index (χ0) is 11.1. The minimum Gasteiger partial charge on any atom is -0.478 e. The van der Waals surface area contributed by atoms with Crippen LogP contribution in [-0.4, -0.2) is 17.3 Å². The number of carboxylic acids is 1. The molecule has 1 N–H and O–H groups in total. The molecule has 1 aromatic carbocycles. The maximum atomic E-state index is 10.7. The molecule has 1 aromatic rings. The maximum absolute atomic E-state index is 10.7. The Kier molecular flexibility index (Phi) is 6.04. The van der Waals surface area contributed by atoms with Gasteiger partial charge in [0.05, 0.1) is 5.56 Å². The smallest absolute Gasteiger partial charge is 0.335 e. The predicted molar refractivity (Wildman–Crippen MR) is 61.3 cm³/mol. The predicted octanol–water partition coefficient (Wildman–Crippen LogP) is 3.44. The lowest BCUT2D eigenvalue weighted by Crippen LogP contribution is -1.99. The first-order chi connectivity index (χ1) is 6.65. The van der Waals surface area contributed by atoms with Crippen LogP contribution in [0.4, 0.5) is 0 Å². The summed E-state index contributed by atoms with van der Waals surface area (Å²) in [5.41, 5.74) is 1.20. The molecule has 0 aromatic heterocycles.